The highest BCUT2D eigenvalue weighted by Crippen LogP contribution is 2.25. The fourth-order valence-electron chi connectivity index (χ4n) is 2.07. The van der Waals surface area contributed by atoms with E-state index in [4.69, 9.17) is 0 Å². The second-order valence-electron chi connectivity index (χ2n) is 4.91. The number of nitrogens with one attached hydrogen (secondary N) is 1. The molecule has 4 nitrogen and oxygen atoms in total. The number of ether oxygens (including phenoxy) is 1. The van der Waals surface area contributed by atoms with Gasteiger partial charge in [-0.1, -0.05) is 6.07 Å². The number of thiazole rings is 1. The van der Waals surface area contributed by atoms with Crippen molar-refractivity contribution in [3.8, 4) is 17.0 Å². The van der Waals surface area contributed by atoms with E-state index in [1.807, 2.05) is 0 Å². The number of nitrogens with zero attached hydrogens (tertiary/aromatic N) is 1. The summed E-state index contributed by atoms with van der Waals surface area (Å²) >= 11 is 1.20. The van der Waals surface area contributed by atoms with Crippen LogP contribution in [0.4, 0.5) is 18.3 Å². The first-order valence-corrected chi connectivity index (χ1v) is 7.97. The molecule has 0 saturated heterocycles. The highest BCUT2D eigenvalue weighted by atomic mass is 32.1. The van der Waals surface area contributed by atoms with E-state index >= 15 is 0 Å². The van der Waals surface area contributed by atoms with Crippen molar-refractivity contribution in [2.75, 3.05) is 5.32 Å². The number of halogens is 3. The van der Waals surface area contributed by atoms with Crippen LogP contribution in [0.1, 0.15) is 10.4 Å². The molecule has 1 aromatic heterocycles. The summed E-state index contributed by atoms with van der Waals surface area (Å²) in [5.41, 5.74) is 1.47. The van der Waals surface area contributed by atoms with E-state index in [9.17, 15) is 18.0 Å². The lowest BCUT2D eigenvalue weighted by molar-refractivity contribution is -0.0498. The van der Waals surface area contributed by atoms with Crippen LogP contribution in [0.3, 0.4) is 0 Å². The molecular weight excluding hydrogens is 353 g/mol. The molecule has 0 radical (unpaired) electrons. The van der Waals surface area contributed by atoms with Crippen molar-refractivity contribution >= 4 is 22.4 Å². The van der Waals surface area contributed by atoms with Gasteiger partial charge in [0.25, 0.3) is 5.91 Å². The maximum atomic E-state index is 12.9. The van der Waals surface area contributed by atoms with Crippen molar-refractivity contribution in [3.05, 3.63) is 65.3 Å². The van der Waals surface area contributed by atoms with Gasteiger partial charge < -0.3 is 4.74 Å². The quantitative estimate of drug-likeness (QED) is 0.707. The normalized spacial score (nSPS) is 10.7. The van der Waals surface area contributed by atoms with Crippen LogP contribution in [-0.2, 0) is 0 Å². The SMILES string of the molecule is O=C(Nc1nc(-c2ccc(F)cc2)cs1)c1cccc(OC(F)F)c1. The van der Waals surface area contributed by atoms with E-state index in [-0.39, 0.29) is 17.1 Å². The molecule has 0 bridgehead atoms. The number of aromatic nitrogens is 1. The average molecular weight is 364 g/mol. The summed E-state index contributed by atoms with van der Waals surface area (Å²) in [6.07, 6.45) is 0. The molecule has 0 aliphatic rings. The molecule has 0 atom stereocenters. The van der Waals surface area contributed by atoms with E-state index in [1.54, 1.807) is 17.5 Å². The zero-order valence-electron chi connectivity index (χ0n) is 12.6. The number of carbonyl (C=O) groups is 1. The van der Waals surface area contributed by atoms with Gasteiger partial charge >= 0.3 is 6.61 Å². The monoisotopic (exact) mass is 364 g/mol. The lowest BCUT2D eigenvalue weighted by Crippen LogP contribution is -2.12. The predicted molar refractivity (Wildman–Crippen MR) is 88.5 cm³/mol. The topological polar surface area (TPSA) is 51.2 Å². The Morgan fingerprint density at radius 1 is 1.16 bits per heavy atom. The molecule has 2 aromatic carbocycles. The fourth-order valence-corrected chi connectivity index (χ4v) is 2.78. The minimum Gasteiger partial charge on any atom is -0.435 e. The second kappa shape index (κ2) is 7.35. The summed E-state index contributed by atoms with van der Waals surface area (Å²) in [6, 6.07) is 11.3. The molecule has 0 aliphatic heterocycles. The van der Waals surface area contributed by atoms with Gasteiger partial charge in [0.2, 0.25) is 0 Å². The Morgan fingerprint density at radius 3 is 2.64 bits per heavy atom. The zero-order valence-corrected chi connectivity index (χ0v) is 13.4. The maximum Gasteiger partial charge on any atom is 0.387 e. The van der Waals surface area contributed by atoms with Gasteiger partial charge in [-0.15, -0.1) is 11.3 Å². The van der Waals surface area contributed by atoms with Crippen LogP contribution in [-0.4, -0.2) is 17.5 Å². The van der Waals surface area contributed by atoms with Crippen LogP contribution in [0.2, 0.25) is 0 Å². The molecule has 0 saturated carbocycles. The van der Waals surface area contributed by atoms with E-state index in [2.05, 4.69) is 15.0 Å². The Balaban J connectivity index is 1.72. The third-order valence-electron chi connectivity index (χ3n) is 3.19. The number of hydrogen-bond acceptors (Lipinski definition) is 4. The third kappa shape index (κ3) is 4.36. The number of amides is 1. The molecule has 1 amide bonds. The van der Waals surface area contributed by atoms with Gasteiger partial charge in [-0.25, -0.2) is 9.37 Å². The fraction of sp³-hybridized carbons (Fsp3) is 0.0588. The lowest BCUT2D eigenvalue weighted by Gasteiger charge is -2.06. The highest BCUT2D eigenvalue weighted by molar-refractivity contribution is 7.14. The maximum absolute atomic E-state index is 12.9. The number of anilines is 1. The highest BCUT2D eigenvalue weighted by Gasteiger charge is 2.12. The van der Waals surface area contributed by atoms with Gasteiger partial charge in [0.1, 0.15) is 11.6 Å². The summed E-state index contributed by atoms with van der Waals surface area (Å²) in [5, 5.41) is 4.65. The smallest absolute Gasteiger partial charge is 0.387 e. The van der Waals surface area contributed by atoms with Crippen molar-refractivity contribution < 1.29 is 22.7 Å². The first kappa shape index (κ1) is 17.0. The molecule has 25 heavy (non-hydrogen) atoms. The van der Waals surface area contributed by atoms with Crippen molar-refractivity contribution in [2.24, 2.45) is 0 Å². The molecule has 0 spiro atoms. The van der Waals surface area contributed by atoms with Crippen LogP contribution in [0, 0.1) is 5.82 Å². The van der Waals surface area contributed by atoms with Crippen molar-refractivity contribution in [1.29, 1.82) is 0 Å². The van der Waals surface area contributed by atoms with E-state index in [0.717, 1.165) is 0 Å². The largest absolute Gasteiger partial charge is 0.435 e. The van der Waals surface area contributed by atoms with Gasteiger partial charge in [0, 0.05) is 16.5 Å². The van der Waals surface area contributed by atoms with E-state index in [1.165, 1.54) is 47.7 Å². The minimum atomic E-state index is -2.96. The van der Waals surface area contributed by atoms with E-state index in [0.29, 0.717) is 16.4 Å². The molecule has 1 heterocycles. The molecule has 0 unspecified atom stereocenters. The second-order valence-corrected chi connectivity index (χ2v) is 5.76. The first-order chi connectivity index (χ1) is 12.0. The Hall–Kier alpha value is -2.87. The summed E-state index contributed by atoms with van der Waals surface area (Å²) in [7, 11) is 0. The van der Waals surface area contributed by atoms with Gasteiger partial charge in [-0.05, 0) is 42.5 Å². The van der Waals surface area contributed by atoms with E-state index < -0.39 is 12.5 Å². The summed E-state index contributed by atoms with van der Waals surface area (Å²) in [6.45, 7) is -2.96. The van der Waals surface area contributed by atoms with Crippen molar-refractivity contribution in [1.82, 2.24) is 4.98 Å². The molecule has 1 N–H and O–H groups in total. The van der Waals surface area contributed by atoms with Gasteiger partial charge in [-0.3, -0.25) is 10.1 Å². The van der Waals surface area contributed by atoms with Crippen molar-refractivity contribution in [3.63, 3.8) is 0 Å². The lowest BCUT2D eigenvalue weighted by atomic mass is 10.2. The number of benzene rings is 2. The standard InChI is InChI=1S/C17H11F3N2O2S/c18-12-6-4-10(5-7-12)14-9-25-17(21-14)22-15(23)11-2-1-3-13(8-11)24-16(19)20/h1-9,16H,(H,21,22,23). The van der Waals surface area contributed by atoms with Gasteiger partial charge in [-0.2, -0.15) is 8.78 Å². The minimum absolute atomic E-state index is 0.103. The number of carbonyl (C=O) groups excluding carboxylic acids is 1. The van der Waals surface area contributed by atoms with Gasteiger partial charge in [0.05, 0.1) is 5.69 Å². The number of hydrogen-bond donors (Lipinski definition) is 1. The van der Waals surface area contributed by atoms with Crippen LogP contribution >= 0.6 is 11.3 Å². The molecule has 128 valence electrons. The third-order valence-corrected chi connectivity index (χ3v) is 3.94. The molecule has 0 fully saturated rings. The van der Waals surface area contributed by atoms with Crippen LogP contribution in [0.25, 0.3) is 11.3 Å². The van der Waals surface area contributed by atoms with Gasteiger partial charge in [0.15, 0.2) is 5.13 Å². The summed E-state index contributed by atoms with van der Waals surface area (Å²) < 4.78 is 41.7. The van der Waals surface area contributed by atoms with Crippen molar-refractivity contribution in [2.45, 2.75) is 6.61 Å². The van der Waals surface area contributed by atoms with Crippen LogP contribution in [0.15, 0.2) is 53.9 Å². The Kier molecular flexibility index (Phi) is 4.99. The number of alkyl halides is 2. The Labute approximate surface area is 144 Å². The zero-order chi connectivity index (χ0) is 17.8. The summed E-state index contributed by atoms with van der Waals surface area (Å²) in [4.78, 5) is 16.5. The Bertz CT molecular complexity index is 882. The first-order valence-electron chi connectivity index (χ1n) is 7.09. The predicted octanol–water partition coefficient (Wildman–Crippen LogP) is 4.80. The van der Waals surface area contributed by atoms with Crippen LogP contribution < -0.4 is 10.1 Å². The molecule has 3 aromatic rings. The summed E-state index contributed by atoms with van der Waals surface area (Å²) in [5.74, 6) is -0.952. The molecular formula is C17H11F3N2O2S. The average Bonchev–Trinajstić information content (AvgIpc) is 3.03. The number of rotatable bonds is 5. The molecule has 0 aliphatic carbocycles. The van der Waals surface area contributed by atoms with Crippen LogP contribution in [0.5, 0.6) is 5.75 Å². The molecule has 8 heteroatoms. The molecule has 3 rings (SSSR count). The Morgan fingerprint density at radius 2 is 1.92 bits per heavy atom.